The van der Waals surface area contributed by atoms with Crippen LogP contribution >= 0.6 is 0 Å². The molecule has 3 aromatic rings. The van der Waals surface area contributed by atoms with Crippen molar-refractivity contribution in [3.8, 4) is 5.75 Å². The first-order valence-corrected chi connectivity index (χ1v) is 7.58. The van der Waals surface area contributed by atoms with E-state index in [2.05, 4.69) is 4.99 Å². The Morgan fingerprint density at radius 1 is 1.15 bits per heavy atom. The molecule has 0 aliphatic rings. The quantitative estimate of drug-likeness (QED) is 0.290. The van der Waals surface area contributed by atoms with E-state index in [1.54, 1.807) is 44.2 Å². The summed E-state index contributed by atoms with van der Waals surface area (Å²) in [6, 6.07) is 11.3. The van der Waals surface area contributed by atoms with E-state index in [9.17, 15) is 9.59 Å². The molecule has 0 amide bonds. The monoisotopic (exact) mass is 403 g/mol. The molecule has 1 heterocycles. The standard InChI is InChI=1S/C19H15NO5.Zn/c1-10-9-16(22)25-18-12(10)7-8-15(21)17(18)11(2)20-14-6-4-3-5-13(14)19(23)24;/h3-9,21H,1-2H3,(H,23,24);/q;+2/p+2. The van der Waals surface area contributed by atoms with Crippen molar-refractivity contribution < 1.29 is 38.9 Å². The van der Waals surface area contributed by atoms with Gasteiger partial charge in [0, 0.05) is 22.3 Å². The van der Waals surface area contributed by atoms with Crippen LogP contribution in [0.15, 0.2) is 56.7 Å². The minimum absolute atomic E-state index is 0. The SMILES string of the molecule is CC(=Nc1ccccc1C(=O)[OH2+])c1c([OH2+])ccc2c(C)cc(=O)oc12.[Zn+2]. The number of rotatable bonds is 3. The van der Waals surface area contributed by atoms with Gasteiger partial charge >= 0.3 is 31.1 Å². The summed E-state index contributed by atoms with van der Waals surface area (Å²) in [7, 11) is 0. The van der Waals surface area contributed by atoms with Crippen LogP contribution in [0.3, 0.4) is 0 Å². The van der Waals surface area contributed by atoms with Gasteiger partial charge in [0.15, 0.2) is 5.58 Å². The summed E-state index contributed by atoms with van der Waals surface area (Å²) >= 11 is 0. The van der Waals surface area contributed by atoms with Crippen LogP contribution in [0.5, 0.6) is 5.75 Å². The van der Waals surface area contributed by atoms with Gasteiger partial charge in [-0.25, -0.2) is 4.79 Å². The summed E-state index contributed by atoms with van der Waals surface area (Å²) in [6.45, 7) is 3.48. The summed E-state index contributed by atoms with van der Waals surface area (Å²) in [5.74, 6) is -0.671. The van der Waals surface area contributed by atoms with Crippen LogP contribution in [0.4, 0.5) is 5.69 Å². The number of fused-ring (bicyclic) bond motifs is 1. The van der Waals surface area contributed by atoms with Crippen LogP contribution in [-0.4, -0.2) is 21.9 Å². The van der Waals surface area contributed by atoms with Crippen molar-refractivity contribution >= 4 is 28.3 Å². The second-order valence-corrected chi connectivity index (χ2v) is 5.66. The molecule has 6 nitrogen and oxygen atoms in total. The number of aliphatic imine (C=N–C) groups is 1. The summed E-state index contributed by atoms with van der Waals surface area (Å²) in [5.41, 5.74) is 1.89. The van der Waals surface area contributed by atoms with Gasteiger partial charge < -0.3 is 14.6 Å². The molecule has 2 aromatic carbocycles. The molecule has 0 bridgehead atoms. The minimum atomic E-state index is -0.835. The van der Waals surface area contributed by atoms with E-state index < -0.39 is 11.6 Å². The molecule has 4 N–H and O–H groups in total. The van der Waals surface area contributed by atoms with Crippen LogP contribution in [0.25, 0.3) is 11.0 Å². The normalized spacial score (nSPS) is 11.2. The third kappa shape index (κ3) is 3.58. The van der Waals surface area contributed by atoms with Crippen molar-refractivity contribution in [1.29, 1.82) is 0 Å². The number of carbonyl (C=O) groups is 1. The fourth-order valence-corrected chi connectivity index (χ4v) is 2.74. The zero-order chi connectivity index (χ0) is 18.1. The van der Waals surface area contributed by atoms with E-state index in [1.165, 1.54) is 12.1 Å². The van der Waals surface area contributed by atoms with Gasteiger partial charge in [-0.15, -0.1) is 0 Å². The van der Waals surface area contributed by atoms with E-state index in [0.717, 1.165) is 10.9 Å². The van der Waals surface area contributed by atoms with Crippen LogP contribution in [0.2, 0.25) is 0 Å². The maximum absolute atomic E-state index is 11.8. The van der Waals surface area contributed by atoms with Crippen molar-refractivity contribution in [1.82, 2.24) is 0 Å². The first-order chi connectivity index (χ1) is 11.9. The maximum atomic E-state index is 11.8. The molecule has 3 rings (SSSR count). The third-order valence-corrected chi connectivity index (χ3v) is 3.92. The molecule has 0 aliphatic heterocycles. The molecule has 0 unspecified atom stereocenters. The smallest absolute Gasteiger partial charge is 0.593 e. The molecule has 0 saturated heterocycles. The number of benzene rings is 2. The Balaban J connectivity index is 0.00000243. The first kappa shape index (κ1) is 19.5. The molecule has 0 fully saturated rings. The van der Waals surface area contributed by atoms with Crippen molar-refractivity contribution in [2.24, 2.45) is 4.99 Å². The van der Waals surface area contributed by atoms with Gasteiger partial charge in [-0.05, 0) is 37.6 Å². The molecule has 26 heavy (non-hydrogen) atoms. The first-order valence-electron chi connectivity index (χ1n) is 7.58. The van der Waals surface area contributed by atoms with Crippen LogP contribution in [-0.2, 0) is 19.5 Å². The molecule has 126 valence electrons. The van der Waals surface area contributed by atoms with Crippen LogP contribution in [0.1, 0.15) is 28.4 Å². The fraction of sp³-hybridized carbons (Fsp3) is 0.105. The van der Waals surface area contributed by atoms with Gasteiger partial charge in [-0.1, -0.05) is 12.1 Å². The van der Waals surface area contributed by atoms with Gasteiger partial charge in [0.1, 0.15) is 11.1 Å². The van der Waals surface area contributed by atoms with Gasteiger partial charge in [0.25, 0.3) is 5.75 Å². The third-order valence-electron chi connectivity index (χ3n) is 3.92. The van der Waals surface area contributed by atoms with E-state index in [1.807, 2.05) is 0 Å². The van der Waals surface area contributed by atoms with E-state index in [4.69, 9.17) is 14.6 Å². The van der Waals surface area contributed by atoms with E-state index in [-0.39, 0.29) is 30.8 Å². The van der Waals surface area contributed by atoms with E-state index in [0.29, 0.717) is 22.5 Å². The largest absolute Gasteiger partial charge is 2.00 e. The van der Waals surface area contributed by atoms with Crippen LogP contribution < -0.4 is 5.63 Å². The van der Waals surface area contributed by atoms with Gasteiger partial charge in [-0.3, -0.25) is 4.99 Å². The zero-order valence-corrected chi connectivity index (χ0v) is 17.4. The second kappa shape index (κ2) is 7.62. The van der Waals surface area contributed by atoms with Gasteiger partial charge in [-0.2, -0.15) is 0 Å². The Labute approximate surface area is 161 Å². The Bertz CT molecular complexity index is 1080. The summed E-state index contributed by atoms with van der Waals surface area (Å²) in [5, 5.41) is 16.2. The van der Waals surface area contributed by atoms with Gasteiger partial charge in [0.05, 0.1) is 11.4 Å². The molecule has 0 aliphatic carbocycles. The summed E-state index contributed by atoms with van der Waals surface area (Å²) < 4.78 is 5.33. The molecule has 0 spiro atoms. The fourth-order valence-electron chi connectivity index (χ4n) is 2.74. The number of aryl methyl sites for hydroxylation is 1. The number of hydrogen-bond acceptors (Lipinski definition) is 4. The number of nitrogens with zero attached hydrogens (tertiary/aromatic N) is 1. The molecule has 0 saturated carbocycles. The Morgan fingerprint density at radius 2 is 1.85 bits per heavy atom. The summed E-state index contributed by atoms with van der Waals surface area (Å²) in [6.07, 6.45) is 0. The average molecular weight is 405 g/mol. The molecular weight excluding hydrogens is 388 g/mol. The number of hydrogen-bond donors (Lipinski definition) is 0. The predicted molar refractivity (Wildman–Crippen MR) is 96.5 cm³/mol. The predicted octanol–water partition coefficient (Wildman–Crippen LogP) is 2.54. The summed E-state index contributed by atoms with van der Waals surface area (Å²) in [4.78, 5) is 27.6. The Kier molecular flexibility index (Phi) is 5.73. The van der Waals surface area contributed by atoms with Crippen molar-refractivity contribution in [3.63, 3.8) is 0 Å². The van der Waals surface area contributed by atoms with Crippen LogP contribution in [0, 0.1) is 6.92 Å². The van der Waals surface area contributed by atoms with Crippen molar-refractivity contribution in [3.05, 3.63) is 69.6 Å². The second-order valence-electron chi connectivity index (χ2n) is 5.66. The molecule has 7 heteroatoms. The topological polar surface area (TPSA) is 105 Å². The number of carbonyl (C=O) groups excluding carboxylic acids is 1. The average Bonchev–Trinajstić information content (AvgIpc) is 2.54. The molecular formula is C19H17NO5Zn+4. The molecule has 1 aromatic heterocycles. The number of para-hydroxylation sites is 1. The van der Waals surface area contributed by atoms with Crippen molar-refractivity contribution in [2.45, 2.75) is 13.8 Å². The Morgan fingerprint density at radius 3 is 2.54 bits per heavy atom. The van der Waals surface area contributed by atoms with Crippen molar-refractivity contribution in [2.75, 3.05) is 0 Å². The minimum Gasteiger partial charge on any atom is -0.593 e. The van der Waals surface area contributed by atoms with E-state index >= 15 is 0 Å². The Hall–Kier alpha value is -2.79. The zero-order valence-electron chi connectivity index (χ0n) is 14.4. The molecule has 0 atom stereocenters. The molecule has 0 radical (unpaired) electrons. The van der Waals surface area contributed by atoms with Gasteiger partial charge in [0.2, 0.25) is 0 Å². The maximum Gasteiger partial charge on any atom is 2.00 e.